The normalized spacial score (nSPS) is 21.9. The summed E-state index contributed by atoms with van der Waals surface area (Å²) >= 11 is 0. The first-order valence-corrected chi connectivity index (χ1v) is 7.40. The molecule has 0 unspecified atom stereocenters. The van der Waals surface area contributed by atoms with Crippen molar-refractivity contribution in [2.45, 2.75) is 26.7 Å². The third-order valence-corrected chi connectivity index (χ3v) is 4.73. The van der Waals surface area contributed by atoms with Crippen LogP contribution < -0.4 is 5.32 Å². The Morgan fingerprint density at radius 1 is 1.20 bits per heavy atom. The second-order valence-electron chi connectivity index (χ2n) is 6.33. The summed E-state index contributed by atoms with van der Waals surface area (Å²) in [6.07, 6.45) is 2.41. The number of hydrogen-bond acceptors (Lipinski definition) is 3. The third-order valence-electron chi connectivity index (χ3n) is 4.73. The average molecular weight is 283 g/mol. The van der Waals surface area contributed by atoms with E-state index in [1.165, 1.54) is 12.8 Å². The molecule has 0 aromatic carbocycles. The number of urea groups is 1. The van der Waals surface area contributed by atoms with E-state index in [-0.39, 0.29) is 12.6 Å². The van der Waals surface area contributed by atoms with Crippen molar-refractivity contribution in [3.05, 3.63) is 0 Å². The number of hydrogen-bond donors (Lipinski definition) is 2. The number of aliphatic carboxylic acids is 1. The number of piperazine rings is 1. The molecule has 0 radical (unpaired) electrons. The second-order valence-corrected chi connectivity index (χ2v) is 6.33. The van der Waals surface area contributed by atoms with Crippen LogP contribution in [0.5, 0.6) is 0 Å². The summed E-state index contributed by atoms with van der Waals surface area (Å²) in [4.78, 5) is 26.4. The Morgan fingerprint density at radius 2 is 1.80 bits per heavy atom. The summed E-state index contributed by atoms with van der Waals surface area (Å²) in [7, 11) is 0. The molecular formula is C14H25N3O3. The lowest BCUT2D eigenvalue weighted by Gasteiger charge is -2.34. The second kappa shape index (κ2) is 5.99. The smallest absolute Gasteiger partial charge is 0.317 e. The highest BCUT2D eigenvalue weighted by molar-refractivity contribution is 5.74. The molecule has 0 aromatic heterocycles. The molecule has 114 valence electrons. The number of carboxylic acid groups (broad SMARTS) is 1. The van der Waals surface area contributed by atoms with E-state index in [1.807, 2.05) is 4.90 Å². The van der Waals surface area contributed by atoms with E-state index in [9.17, 15) is 9.59 Å². The predicted molar refractivity (Wildman–Crippen MR) is 75.6 cm³/mol. The molecular weight excluding hydrogens is 258 g/mol. The average Bonchev–Trinajstić information content (AvgIpc) is 3.17. The first kappa shape index (κ1) is 15.1. The molecule has 6 nitrogen and oxygen atoms in total. The van der Waals surface area contributed by atoms with E-state index >= 15 is 0 Å². The summed E-state index contributed by atoms with van der Waals surface area (Å²) < 4.78 is 0. The van der Waals surface area contributed by atoms with Crippen molar-refractivity contribution < 1.29 is 14.7 Å². The Morgan fingerprint density at radius 3 is 2.25 bits per heavy atom. The van der Waals surface area contributed by atoms with E-state index in [0.29, 0.717) is 37.5 Å². The molecule has 2 amide bonds. The van der Waals surface area contributed by atoms with Gasteiger partial charge in [0.25, 0.3) is 0 Å². The van der Waals surface area contributed by atoms with Gasteiger partial charge >= 0.3 is 12.0 Å². The Bertz CT molecular complexity index is 372. The molecule has 6 heteroatoms. The van der Waals surface area contributed by atoms with Gasteiger partial charge in [-0.1, -0.05) is 13.8 Å². The molecule has 1 saturated carbocycles. The van der Waals surface area contributed by atoms with Crippen molar-refractivity contribution in [3.8, 4) is 0 Å². The van der Waals surface area contributed by atoms with Crippen LogP contribution in [0.3, 0.4) is 0 Å². The number of carbonyl (C=O) groups is 2. The largest absolute Gasteiger partial charge is 0.480 e. The number of carbonyl (C=O) groups excluding carboxylic acids is 1. The summed E-state index contributed by atoms with van der Waals surface area (Å²) in [5.74, 6) is -0.203. The molecule has 2 fully saturated rings. The molecule has 20 heavy (non-hydrogen) atoms. The highest BCUT2D eigenvalue weighted by Crippen LogP contribution is 2.51. The zero-order valence-electron chi connectivity index (χ0n) is 12.4. The van der Waals surface area contributed by atoms with Gasteiger partial charge in [0.05, 0.1) is 6.54 Å². The van der Waals surface area contributed by atoms with Gasteiger partial charge in [0.15, 0.2) is 0 Å². The van der Waals surface area contributed by atoms with Crippen molar-refractivity contribution in [3.63, 3.8) is 0 Å². The van der Waals surface area contributed by atoms with Gasteiger partial charge in [-0.3, -0.25) is 9.69 Å². The quantitative estimate of drug-likeness (QED) is 0.784. The lowest BCUT2D eigenvalue weighted by molar-refractivity contribution is -0.138. The van der Waals surface area contributed by atoms with Crippen molar-refractivity contribution in [2.75, 3.05) is 39.3 Å². The van der Waals surface area contributed by atoms with Crippen molar-refractivity contribution in [2.24, 2.45) is 11.3 Å². The Hall–Kier alpha value is -1.30. The molecule has 1 saturated heterocycles. The molecule has 0 aromatic rings. The lowest BCUT2D eigenvalue weighted by Crippen LogP contribution is -2.53. The molecule has 2 aliphatic rings. The highest BCUT2D eigenvalue weighted by atomic mass is 16.4. The maximum atomic E-state index is 12.1. The van der Waals surface area contributed by atoms with Crippen molar-refractivity contribution >= 4 is 12.0 Å². The topological polar surface area (TPSA) is 72.9 Å². The predicted octanol–water partition coefficient (Wildman–Crippen LogP) is 0.834. The Labute approximate surface area is 120 Å². The number of nitrogens with zero attached hydrogens (tertiary/aromatic N) is 2. The fourth-order valence-electron chi connectivity index (χ4n) is 2.78. The van der Waals surface area contributed by atoms with Crippen LogP contribution in [0.4, 0.5) is 4.79 Å². The standard InChI is InChI=1S/C14H25N3O3/c1-11(2)14(3-4-14)10-15-13(20)17-7-5-16(6-8-17)9-12(18)19/h11H,3-10H2,1-2H3,(H,15,20)(H,18,19). The lowest BCUT2D eigenvalue weighted by atomic mass is 9.92. The fourth-order valence-corrected chi connectivity index (χ4v) is 2.78. The zero-order chi connectivity index (χ0) is 14.8. The molecule has 1 aliphatic carbocycles. The van der Waals surface area contributed by atoms with E-state index in [1.54, 1.807) is 4.90 Å². The summed E-state index contributed by atoms with van der Waals surface area (Å²) in [5.41, 5.74) is 0.320. The van der Waals surface area contributed by atoms with Crippen molar-refractivity contribution in [1.29, 1.82) is 0 Å². The first-order chi connectivity index (χ1) is 9.43. The maximum Gasteiger partial charge on any atom is 0.317 e. The monoisotopic (exact) mass is 283 g/mol. The van der Waals surface area contributed by atoms with Gasteiger partial charge in [-0.05, 0) is 24.2 Å². The molecule has 0 spiro atoms. The number of nitrogens with one attached hydrogen (secondary N) is 1. The van der Waals surface area contributed by atoms with Gasteiger partial charge in [0.2, 0.25) is 0 Å². The van der Waals surface area contributed by atoms with Crippen LogP contribution >= 0.6 is 0 Å². The molecule has 2 N–H and O–H groups in total. The summed E-state index contributed by atoms with van der Waals surface area (Å²) in [5, 5.41) is 11.8. The Balaban J connectivity index is 1.71. The van der Waals surface area contributed by atoms with Gasteiger partial charge in [0, 0.05) is 32.7 Å². The van der Waals surface area contributed by atoms with Crippen LogP contribution in [0.2, 0.25) is 0 Å². The van der Waals surface area contributed by atoms with Gasteiger partial charge < -0.3 is 15.3 Å². The SMILES string of the molecule is CC(C)C1(CNC(=O)N2CCN(CC(=O)O)CC2)CC1. The molecule has 2 rings (SSSR count). The van der Waals surface area contributed by atoms with E-state index in [2.05, 4.69) is 19.2 Å². The van der Waals surface area contributed by atoms with Gasteiger partial charge in [0.1, 0.15) is 0 Å². The summed E-state index contributed by atoms with van der Waals surface area (Å²) in [6.45, 7) is 7.73. The minimum atomic E-state index is -0.810. The molecule has 0 atom stereocenters. The van der Waals surface area contributed by atoms with Crippen LogP contribution in [0, 0.1) is 11.3 Å². The van der Waals surface area contributed by atoms with E-state index in [4.69, 9.17) is 5.11 Å². The van der Waals surface area contributed by atoms with Crippen LogP contribution in [-0.2, 0) is 4.79 Å². The molecule has 1 aliphatic heterocycles. The van der Waals surface area contributed by atoms with Crippen LogP contribution in [0.25, 0.3) is 0 Å². The Kier molecular flexibility index (Phi) is 4.52. The minimum absolute atomic E-state index is 0.00750. The molecule has 0 bridgehead atoms. The third kappa shape index (κ3) is 3.62. The van der Waals surface area contributed by atoms with Gasteiger partial charge in [-0.15, -0.1) is 0 Å². The van der Waals surface area contributed by atoms with Crippen LogP contribution in [0.15, 0.2) is 0 Å². The first-order valence-electron chi connectivity index (χ1n) is 7.40. The highest BCUT2D eigenvalue weighted by Gasteiger charge is 2.45. The van der Waals surface area contributed by atoms with E-state index < -0.39 is 5.97 Å². The number of rotatable bonds is 5. The molecule has 1 heterocycles. The zero-order valence-corrected chi connectivity index (χ0v) is 12.4. The minimum Gasteiger partial charge on any atom is -0.480 e. The summed E-state index contributed by atoms with van der Waals surface area (Å²) in [6, 6.07) is -0.00750. The van der Waals surface area contributed by atoms with Crippen LogP contribution in [0.1, 0.15) is 26.7 Å². The maximum absolute atomic E-state index is 12.1. The van der Waals surface area contributed by atoms with Gasteiger partial charge in [-0.2, -0.15) is 0 Å². The number of carboxylic acids is 1. The van der Waals surface area contributed by atoms with E-state index in [0.717, 1.165) is 6.54 Å². The van der Waals surface area contributed by atoms with Crippen molar-refractivity contribution in [1.82, 2.24) is 15.1 Å². The van der Waals surface area contributed by atoms with Crippen LogP contribution in [-0.4, -0.2) is 66.2 Å². The number of amides is 2. The fraction of sp³-hybridized carbons (Fsp3) is 0.857. The van der Waals surface area contributed by atoms with Gasteiger partial charge in [-0.25, -0.2) is 4.79 Å².